The van der Waals surface area contributed by atoms with Crippen LogP contribution in [0.5, 0.6) is 0 Å². The molecule has 4 N–H and O–H groups in total. The first-order valence-electron chi connectivity index (χ1n) is 2.12. The Morgan fingerprint density at radius 3 is 2.00 bits per heavy atom. The lowest BCUT2D eigenvalue weighted by Gasteiger charge is -1.46. The van der Waals surface area contributed by atoms with Gasteiger partial charge in [-0.1, -0.05) is 0 Å². The summed E-state index contributed by atoms with van der Waals surface area (Å²) < 4.78 is 0. The Balaban J connectivity index is 0. The quantitative estimate of drug-likeness (QED) is 0.545. The Morgan fingerprint density at radius 2 is 1.90 bits per heavy atom. The van der Waals surface area contributed by atoms with Crippen LogP contribution in [0, 0.1) is 22.7 Å². The van der Waals surface area contributed by atoms with E-state index in [2.05, 4.69) is 9.97 Å². The molecule has 1 heterocycles. The molecule has 0 spiro atoms. The van der Waals surface area contributed by atoms with Gasteiger partial charge >= 0.3 is 0 Å². The van der Waals surface area contributed by atoms with Crippen molar-refractivity contribution in [3.8, 4) is 12.1 Å². The van der Waals surface area contributed by atoms with E-state index < -0.39 is 0 Å². The van der Waals surface area contributed by atoms with Gasteiger partial charge in [0.1, 0.15) is 0 Å². The number of nitriles is 2. The smallest absolute Gasteiger partial charge is 0.181 e. The van der Waals surface area contributed by atoms with E-state index in [4.69, 9.17) is 10.5 Å². The molecule has 0 aromatic carbocycles. The van der Waals surface area contributed by atoms with Crippen LogP contribution in [0.3, 0.4) is 0 Å². The van der Waals surface area contributed by atoms with E-state index in [0.29, 0.717) is 0 Å². The van der Waals surface area contributed by atoms with E-state index in [9.17, 15) is 0 Å². The highest BCUT2D eigenvalue weighted by atomic mass is 14.8. The lowest BCUT2D eigenvalue weighted by Crippen LogP contribution is -1.44. The van der Waals surface area contributed by atoms with E-state index in [1.807, 2.05) is 0 Å². The summed E-state index contributed by atoms with van der Waals surface area (Å²) in [6, 6.07) is 2.47. The second kappa shape index (κ2) is 10.2. The van der Waals surface area contributed by atoms with Crippen LogP contribution >= 0.6 is 0 Å². The summed E-state index contributed by atoms with van der Waals surface area (Å²) in [6.45, 7) is 0. The number of imidazole rings is 1. The molecule has 0 aliphatic carbocycles. The van der Waals surface area contributed by atoms with Gasteiger partial charge in [0.05, 0.1) is 6.33 Å². The number of aromatic nitrogens is 2. The normalized spacial score (nSPS) is 5.00. The van der Waals surface area contributed by atoms with Crippen LogP contribution in [0.15, 0.2) is 18.7 Å². The molecule has 10 heavy (non-hydrogen) atoms. The standard InChI is InChI=1S/C3H4N2.C2N2.H3N/c1-2-5-3-4-1;3-1-2-4;/h1-3H,(H,4,5);;1H3. The molecule has 0 fully saturated rings. The third kappa shape index (κ3) is 9.47. The second-order valence-electron chi connectivity index (χ2n) is 0.984. The molecule has 1 aromatic heterocycles. The lowest BCUT2D eigenvalue weighted by atomic mass is 10.9. The molecule has 0 bridgehead atoms. The molecular formula is C5H7N5. The van der Waals surface area contributed by atoms with Crippen molar-refractivity contribution in [1.82, 2.24) is 16.1 Å². The van der Waals surface area contributed by atoms with Gasteiger partial charge < -0.3 is 11.1 Å². The molecule has 0 amide bonds. The Bertz CT molecular complexity index is 172. The van der Waals surface area contributed by atoms with Crippen LogP contribution in [0.25, 0.3) is 0 Å². The molecule has 1 aromatic rings. The molecule has 0 atom stereocenters. The van der Waals surface area contributed by atoms with Gasteiger partial charge in [-0.05, 0) is 0 Å². The van der Waals surface area contributed by atoms with Crippen molar-refractivity contribution in [2.45, 2.75) is 0 Å². The van der Waals surface area contributed by atoms with Gasteiger partial charge in [-0.3, -0.25) is 0 Å². The molecule has 0 saturated heterocycles. The molecule has 5 heteroatoms. The minimum Gasteiger partial charge on any atom is -0.351 e. The number of nitrogens with zero attached hydrogens (tertiary/aromatic N) is 3. The van der Waals surface area contributed by atoms with Gasteiger partial charge in [-0.2, -0.15) is 10.5 Å². The zero-order valence-electron chi connectivity index (χ0n) is 5.28. The largest absolute Gasteiger partial charge is 0.351 e. The third-order valence-corrected chi connectivity index (χ3v) is 0.456. The molecule has 52 valence electrons. The zero-order chi connectivity index (χ0) is 6.95. The van der Waals surface area contributed by atoms with Crippen molar-refractivity contribution in [2.75, 3.05) is 0 Å². The van der Waals surface area contributed by atoms with E-state index in [1.165, 1.54) is 12.1 Å². The fourth-order valence-electron chi connectivity index (χ4n) is 0.215. The van der Waals surface area contributed by atoms with Gasteiger partial charge in [0.25, 0.3) is 0 Å². The van der Waals surface area contributed by atoms with Gasteiger partial charge in [-0.15, -0.1) is 0 Å². The molecule has 5 nitrogen and oxygen atoms in total. The van der Waals surface area contributed by atoms with Crippen LogP contribution in [-0.4, -0.2) is 9.97 Å². The Hall–Kier alpha value is -1.85. The highest BCUT2D eigenvalue weighted by molar-refractivity contribution is 4.99. The molecule has 0 unspecified atom stereocenters. The average molecular weight is 137 g/mol. The summed E-state index contributed by atoms with van der Waals surface area (Å²) in [5.41, 5.74) is 0. The molecule has 0 saturated carbocycles. The highest BCUT2D eigenvalue weighted by Crippen LogP contribution is 1.62. The van der Waals surface area contributed by atoms with E-state index in [1.54, 1.807) is 18.7 Å². The predicted octanol–water partition coefficient (Wildman–Crippen LogP) is 0.605. The van der Waals surface area contributed by atoms with Crippen LogP contribution in [0.2, 0.25) is 0 Å². The summed E-state index contributed by atoms with van der Waals surface area (Å²) in [4.78, 5) is 6.42. The summed E-state index contributed by atoms with van der Waals surface area (Å²) in [6.07, 6.45) is 5.08. The van der Waals surface area contributed by atoms with Crippen LogP contribution in [0.4, 0.5) is 0 Å². The van der Waals surface area contributed by atoms with Crippen LogP contribution in [-0.2, 0) is 0 Å². The van der Waals surface area contributed by atoms with Crippen LogP contribution < -0.4 is 6.15 Å². The minimum absolute atomic E-state index is 0. The molecule has 0 aliphatic rings. The third-order valence-electron chi connectivity index (χ3n) is 0.456. The molecule has 1 rings (SSSR count). The Kier molecular flexibility index (Phi) is 11.2. The summed E-state index contributed by atoms with van der Waals surface area (Å²) in [7, 11) is 0. The number of nitrogens with one attached hydrogen (secondary N) is 1. The lowest BCUT2D eigenvalue weighted by molar-refractivity contribution is 1.31. The number of rotatable bonds is 0. The SMILES string of the molecule is N.N#CC#N.c1c[nH]cn1. The number of hydrogen-bond donors (Lipinski definition) is 2. The fraction of sp³-hybridized carbons (Fsp3) is 0. The number of hydrogen-bond acceptors (Lipinski definition) is 4. The Morgan fingerprint density at radius 1 is 1.30 bits per heavy atom. The first-order valence-corrected chi connectivity index (χ1v) is 2.12. The van der Waals surface area contributed by atoms with Crippen molar-refractivity contribution in [3.63, 3.8) is 0 Å². The maximum atomic E-state index is 7.26. The van der Waals surface area contributed by atoms with Crippen molar-refractivity contribution < 1.29 is 0 Å². The van der Waals surface area contributed by atoms with E-state index in [0.717, 1.165) is 0 Å². The zero-order valence-corrected chi connectivity index (χ0v) is 5.28. The number of H-pyrrole nitrogens is 1. The van der Waals surface area contributed by atoms with Crippen molar-refractivity contribution >= 4 is 0 Å². The van der Waals surface area contributed by atoms with Crippen molar-refractivity contribution in [1.29, 1.82) is 10.5 Å². The average Bonchev–Trinajstić information content (AvgIpc) is 2.43. The van der Waals surface area contributed by atoms with Gasteiger partial charge in [-0.25, -0.2) is 4.98 Å². The van der Waals surface area contributed by atoms with Crippen LogP contribution in [0.1, 0.15) is 0 Å². The molecular weight excluding hydrogens is 130 g/mol. The van der Waals surface area contributed by atoms with Gasteiger partial charge in [0, 0.05) is 12.4 Å². The fourth-order valence-corrected chi connectivity index (χ4v) is 0.215. The maximum Gasteiger partial charge on any atom is 0.181 e. The first-order chi connectivity index (χ1) is 4.41. The van der Waals surface area contributed by atoms with E-state index in [-0.39, 0.29) is 6.15 Å². The molecule has 0 aliphatic heterocycles. The molecule has 0 radical (unpaired) electrons. The summed E-state index contributed by atoms with van der Waals surface area (Å²) in [5, 5.41) is 14.5. The minimum atomic E-state index is 0. The second-order valence-corrected chi connectivity index (χ2v) is 0.984. The topological polar surface area (TPSA) is 111 Å². The predicted molar refractivity (Wildman–Crippen MR) is 34.8 cm³/mol. The van der Waals surface area contributed by atoms with Gasteiger partial charge in [0.15, 0.2) is 12.1 Å². The van der Waals surface area contributed by atoms with Crippen molar-refractivity contribution in [3.05, 3.63) is 18.7 Å². The summed E-state index contributed by atoms with van der Waals surface area (Å²) >= 11 is 0. The maximum absolute atomic E-state index is 7.26. The van der Waals surface area contributed by atoms with Crippen molar-refractivity contribution in [2.24, 2.45) is 0 Å². The first kappa shape index (κ1) is 11.0. The Labute approximate surface area is 58.5 Å². The monoisotopic (exact) mass is 137 g/mol. The summed E-state index contributed by atoms with van der Waals surface area (Å²) in [5.74, 6) is 0. The number of aromatic amines is 1. The highest BCUT2D eigenvalue weighted by Gasteiger charge is 1.56. The van der Waals surface area contributed by atoms with E-state index >= 15 is 0 Å². The van der Waals surface area contributed by atoms with Gasteiger partial charge in [0.2, 0.25) is 0 Å².